The van der Waals surface area contributed by atoms with Crippen molar-refractivity contribution in [1.82, 2.24) is 5.32 Å². The van der Waals surface area contributed by atoms with Crippen molar-refractivity contribution in [2.45, 2.75) is 40.0 Å². The van der Waals surface area contributed by atoms with Gasteiger partial charge in [-0.2, -0.15) is 11.8 Å². The van der Waals surface area contributed by atoms with Gasteiger partial charge in [0.15, 0.2) is 0 Å². The lowest BCUT2D eigenvalue weighted by Crippen LogP contribution is -2.30. The van der Waals surface area contributed by atoms with Gasteiger partial charge >= 0.3 is 0 Å². The molecule has 0 saturated carbocycles. The fourth-order valence-corrected chi connectivity index (χ4v) is 2.27. The van der Waals surface area contributed by atoms with E-state index in [1.165, 1.54) is 24.3 Å². The monoisotopic (exact) mass is 251 g/mol. The van der Waals surface area contributed by atoms with Crippen LogP contribution in [0.4, 0.5) is 0 Å². The standard InChI is InChI=1S/C12H26ClNS/c1-4-15-10-6-9-14-11-12(2,3)7-5-8-13/h14H,4-11H2,1-3H3. The van der Waals surface area contributed by atoms with E-state index in [1.54, 1.807) is 0 Å². The average Bonchev–Trinajstić information content (AvgIpc) is 2.20. The smallest absolute Gasteiger partial charge is 0.0223 e. The molecular weight excluding hydrogens is 226 g/mol. The lowest BCUT2D eigenvalue weighted by Gasteiger charge is -2.24. The van der Waals surface area contributed by atoms with Crippen LogP contribution in [0.1, 0.15) is 40.0 Å². The van der Waals surface area contributed by atoms with Crippen molar-refractivity contribution in [3.63, 3.8) is 0 Å². The molecule has 0 spiro atoms. The zero-order valence-corrected chi connectivity index (χ0v) is 12.0. The maximum atomic E-state index is 5.70. The molecule has 0 radical (unpaired) electrons. The minimum absolute atomic E-state index is 0.396. The van der Waals surface area contributed by atoms with E-state index in [1.807, 2.05) is 11.8 Å². The zero-order valence-electron chi connectivity index (χ0n) is 10.4. The zero-order chi connectivity index (χ0) is 11.6. The van der Waals surface area contributed by atoms with Crippen molar-refractivity contribution in [3.8, 4) is 0 Å². The Morgan fingerprint density at radius 3 is 2.60 bits per heavy atom. The number of alkyl halides is 1. The number of thioether (sulfide) groups is 1. The third kappa shape index (κ3) is 10.9. The summed E-state index contributed by atoms with van der Waals surface area (Å²) in [6, 6.07) is 0. The van der Waals surface area contributed by atoms with E-state index in [9.17, 15) is 0 Å². The molecule has 1 nitrogen and oxygen atoms in total. The normalized spacial score (nSPS) is 12.0. The van der Waals surface area contributed by atoms with Crippen molar-refractivity contribution in [1.29, 1.82) is 0 Å². The summed E-state index contributed by atoms with van der Waals surface area (Å²) in [4.78, 5) is 0. The lowest BCUT2D eigenvalue weighted by atomic mass is 9.88. The van der Waals surface area contributed by atoms with Gasteiger partial charge < -0.3 is 5.32 Å². The summed E-state index contributed by atoms with van der Waals surface area (Å²) in [5.41, 5.74) is 0.396. The molecule has 1 N–H and O–H groups in total. The molecule has 0 bridgehead atoms. The van der Waals surface area contributed by atoms with E-state index < -0.39 is 0 Å². The van der Waals surface area contributed by atoms with Crippen LogP contribution in [0.15, 0.2) is 0 Å². The Kier molecular flexibility index (Phi) is 10.2. The first-order chi connectivity index (χ1) is 7.12. The van der Waals surface area contributed by atoms with Gasteiger partial charge in [0.2, 0.25) is 0 Å². The second-order valence-corrected chi connectivity index (χ2v) is 6.46. The molecule has 0 atom stereocenters. The number of hydrogen-bond acceptors (Lipinski definition) is 2. The van der Waals surface area contributed by atoms with Crippen molar-refractivity contribution >= 4 is 23.4 Å². The van der Waals surface area contributed by atoms with Crippen molar-refractivity contribution in [2.24, 2.45) is 5.41 Å². The van der Waals surface area contributed by atoms with Crippen LogP contribution in [0.2, 0.25) is 0 Å². The molecule has 0 saturated heterocycles. The summed E-state index contributed by atoms with van der Waals surface area (Å²) in [6.07, 6.45) is 3.62. The van der Waals surface area contributed by atoms with Gasteiger partial charge in [0.05, 0.1) is 0 Å². The Labute approximate surface area is 105 Å². The van der Waals surface area contributed by atoms with E-state index in [0.29, 0.717) is 5.41 Å². The first-order valence-corrected chi connectivity index (χ1v) is 7.66. The molecule has 15 heavy (non-hydrogen) atoms. The Morgan fingerprint density at radius 2 is 2.00 bits per heavy atom. The molecule has 0 aromatic rings. The Hall–Kier alpha value is 0.600. The van der Waals surface area contributed by atoms with Crippen LogP contribution in [0.5, 0.6) is 0 Å². The van der Waals surface area contributed by atoms with Gasteiger partial charge in [0, 0.05) is 12.4 Å². The molecule has 0 rings (SSSR count). The molecular formula is C12H26ClNS. The van der Waals surface area contributed by atoms with Gasteiger partial charge in [-0.3, -0.25) is 0 Å². The second kappa shape index (κ2) is 9.80. The van der Waals surface area contributed by atoms with E-state index >= 15 is 0 Å². The third-order valence-electron chi connectivity index (χ3n) is 2.44. The molecule has 0 aromatic carbocycles. The maximum Gasteiger partial charge on any atom is 0.0223 e. The summed E-state index contributed by atoms with van der Waals surface area (Å²) < 4.78 is 0. The van der Waals surface area contributed by atoms with Crippen LogP contribution < -0.4 is 5.32 Å². The summed E-state index contributed by atoms with van der Waals surface area (Å²) in [5.74, 6) is 3.31. The van der Waals surface area contributed by atoms with E-state index in [4.69, 9.17) is 11.6 Å². The molecule has 0 aliphatic carbocycles. The molecule has 0 unspecified atom stereocenters. The molecule has 92 valence electrons. The lowest BCUT2D eigenvalue weighted by molar-refractivity contribution is 0.312. The molecule has 0 aliphatic heterocycles. The van der Waals surface area contributed by atoms with Crippen LogP contribution in [-0.4, -0.2) is 30.5 Å². The van der Waals surface area contributed by atoms with Crippen LogP contribution in [-0.2, 0) is 0 Å². The van der Waals surface area contributed by atoms with Crippen molar-refractivity contribution < 1.29 is 0 Å². The fraction of sp³-hybridized carbons (Fsp3) is 1.00. The number of rotatable bonds is 10. The topological polar surface area (TPSA) is 12.0 Å². The fourth-order valence-electron chi connectivity index (χ4n) is 1.50. The summed E-state index contributed by atoms with van der Waals surface area (Å²) in [6.45, 7) is 9.10. The highest BCUT2D eigenvalue weighted by Crippen LogP contribution is 2.21. The minimum atomic E-state index is 0.396. The van der Waals surface area contributed by atoms with Crippen molar-refractivity contribution in [3.05, 3.63) is 0 Å². The van der Waals surface area contributed by atoms with E-state index in [-0.39, 0.29) is 0 Å². The van der Waals surface area contributed by atoms with E-state index in [0.717, 1.165) is 25.4 Å². The van der Waals surface area contributed by atoms with Gasteiger partial charge in [0.1, 0.15) is 0 Å². The molecule has 0 fully saturated rings. The van der Waals surface area contributed by atoms with Crippen LogP contribution in [0.3, 0.4) is 0 Å². The van der Waals surface area contributed by atoms with Gasteiger partial charge in [-0.1, -0.05) is 20.8 Å². The Balaban J connectivity index is 3.32. The van der Waals surface area contributed by atoms with Gasteiger partial charge in [-0.05, 0) is 42.7 Å². The molecule has 0 heterocycles. The van der Waals surface area contributed by atoms with Gasteiger partial charge in [-0.25, -0.2) is 0 Å². The highest BCUT2D eigenvalue weighted by molar-refractivity contribution is 7.99. The average molecular weight is 252 g/mol. The number of nitrogens with one attached hydrogen (secondary N) is 1. The largest absolute Gasteiger partial charge is 0.316 e. The van der Waals surface area contributed by atoms with Gasteiger partial charge in [-0.15, -0.1) is 11.6 Å². The molecule has 0 aromatic heterocycles. The van der Waals surface area contributed by atoms with Crippen LogP contribution in [0.25, 0.3) is 0 Å². The summed E-state index contributed by atoms with van der Waals surface area (Å²) >= 11 is 7.73. The Bertz CT molecular complexity index is 140. The minimum Gasteiger partial charge on any atom is -0.316 e. The number of hydrogen-bond donors (Lipinski definition) is 1. The van der Waals surface area contributed by atoms with Crippen LogP contribution >= 0.6 is 23.4 Å². The molecule has 3 heteroatoms. The van der Waals surface area contributed by atoms with Crippen molar-refractivity contribution in [2.75, 3.05) is 30.5 Å². The van der Waals surface area contributed by atoms with E-state index in [2.05, 4.69) is 26.1 Å². The third-order valence-corrected chi connectivity index (χ3v) is 3.69. The maximum absolute atomic E-state index is 5.70. The molecule has 0 amide bonds. The second-order valence-electron chi connectivity index (χ2n) is 4.68. The quantitative estimate of drug-likeness (QED) is 0.469. The SMILES string of the molecule is CCSCCCNCC(C)(C)CCCCl. The molecule has 0 aliphatic rings. The first kappa shape index (κ1) is 15.6. The first-order valence-electron chi connectivity index (χ1n) is 5.97. The number of halogens is 1. The summed E-state index contributed by atoms with van der Waals surface area (Å²) in [5, 5.41) is 3.54. The predicted octanol–water partition coefficient (Wildman–Crippen LogP) is 3.76. The predicted molar refractivity (Wildman–Crippen MR) is 74.2 cm³/mol. The highest BCUT2D eigenvalue weighted by Gasteiger charge is 2.15. The van der Waals surface area contributed by atoms with Gasteiger partial charge in [0.25, 0.3) is 0 Å². The summed E-state index contributed by atoms with van der Waals surface area (Å²) in [7, 11) is 0. The van der Waals surface area contributed by atoms with Crippen LogP contribution in [0, 0.1) is 5.41 Å². The Morgan fingerprint density at radius 1 is 1.27 bits per heavy atom. The highest BCUT2D eigenvalue weighted by atomic mass is 35.5.